The molecule has 2 rings (SSSR count). The predicted molar refractivity (Wildman–Crippen MR) is 97.4 cm³/mol. The third-order valence-corrected chi connectivity index (χ3v) is 4.22. The normalized spacial score (nSPS) is 21.1. The second-order valence-electron chi connectivity index (χ2n) is 6.87. The number of nitriles is 1. The Labute approximate surface area is 150 Å². The largest absolute Gasteiger partial charge is 0.372 e. The van der Waals surface area contributed by atoms with Gasteiger partial charge in [0.2, 0.25) is 0 Å². The third kappa shape index (κ3) is 5.33. The average Bonchev–Trinajstić information content (AvgIpc) is 2.57. The lowest BCUT2D eigenvalue weighted by Gasteiger charge is -2.35. The fraction of sp³-hybridized carbons (Fsp3) is 0.500. The number of amides is 1. The third-order valence-electron chi connectivity index (χ3n) is 4.22. The van der Waals surface area contributed by atoms with Gasteiger partial charge in [-0.15, -0.1) is 0 Å². The zero-order valence-electron chi connectivity index (χ0n) is 15.5. The van der Waals surface area contributed by atoms with Crippen molar-refractivity contribution in [2.24, 2.45) is 0 Å². The molecular formula is C20H27N3O2. The van der Waals surface area contributed by atoms with Crippen LogP contribution in [0.5, 0.6) is 0 Å². The van der Waals surface area contributed by atoms with E-state index in [2.05, 4.69) is 19.9 Å². The summed E-state index contributed by atoms with van der Waals surface area (Å²) < 4.78 is 5.67. The zero-order chi connectivity index (χ0) is 18.4. The van der Waals surface area contributed by atoms with Gasteiger partial charge in [0, 0.05) is 31.9 Å². The summed E-state index contributed by atoms with van der Waals surface area (Å²) in [6.07, 6.45) is 1.67. The number of hydrogen-bond donors (Lipinski definition) is 0. The van der Waals surface area contributed by atoms with Crippen LogP contribution in [-0.4, -0.2) is 47.0 Å². The van der Waals surface area contributed by atoms with Gasteiger partial charge >= 0.3 is 0 Å². The van der Waals surface area contributed by atoms with Gasteiger partial charge in [-0.1, -0.05) is 30.3 Å². The van der Waals surface area contributed by atoms with E-state index in [1.807, 2.05) is 49.1 Å². The van der Waals surface area contributed by atoms with Gasteiger partial charge < -0.3 is 14.5 Å². The number of nitrogens with zero attached hydrogens (tertiary/aromatic N) is 3. The molecule has 1 saturated heterocycles. The van der Waals surface area contributed by atoms with Crippen LogP contribution in [-0.2, 0) is 16.1 Å². The van der Waals surface area contributed by atoms with Crippen molar-refractivity contribution in [1.82, 2.24) is 9.80 Å². The van der Waals surface area contributed by atoms with Gasteiger partial charge in [0.25, 0.3) is 5.91 Å². The highest BCUT2D eigenvalue weighted by Crippen LogP contribution is 2.16. The molecule has 0 saturated carbocycles. The summed E-state index contributed by atoms with van der Waals surface area (Å²) in [4.78, 5) is 16.5. The molecule has 1 heterocycles. The van der Waals surface area contributed by atoms with Crippen molar-refractivity contribution >= 4 is 5.91 Å². The van der Waals surface area contributed by atoms with Crippen molar-refractivity contribution in [1.29, 1.82) is 5.26 Å². The van der Waals surface area contributed by atoms with E-state index in [4.69, 9.17) is 4.74 Å². The molecule has 0 radical (unpaired) electrons. The Balaban J connectivity index is 2.17. The van der Waals surface area contributed by atoms with E-state index in [1.165, 1.54) is 0 Å². The lowest BCUT2D eigenvalue weighted by molar-refractivity contribution is -0.138. The van der Waals surface area contributed by atoms with E-state index < -0.39 is 0 Å². The highest BCUT2D eigenvalue weighted by Gasteiger charge is 2.28. The number of hydrogen-bond acceptors (Lipinski definition) is 4. The number of carbonyl (C=O) groups excluding carboxylic acids is 1. The van der Waals surface area contributed by atoms with Crippen LogP contribution in [0.15, 0.2) is 42.1 Å². The van der Waals surface area contributed by atoms with Gasteiger partial charge in [0.05, 0.1) is 12.2 Å². The van der Waals surface area contributed by atoms with Gasteiger partial charge in [0.15, 0.2) is 0 Å². The van der Waals surface area contributed by atoms with Crippen LogP contribution in [0.1, 0.15) is 33.3 Å². The quantitative estimate of drug-likeness (QED) is 0.610. The van der Waals surface area contributed by atoms with Gasteiger partial charge in [-0.05, 0) is 33.3 Å². The van der Waals surface area contributed by atoms with Crippen LogP contribution < -0.4 is 0 Å². The molecule has 1 amide bonds. The topological polar surface area (TPSA) is 56.6 Å². The van der Waals surface area contributed by atoms with Crippen LogP contribution in [0.25, 0.3) is 0 Å². The van der Waals surface area contributed by atoms with Crippen LogP contribution in [0.2, 0.25) is 0 Å². The van der Waals surface area contributed by atoms with Gasteiger partial charge in [-0.2, -0.15) is 5.26 Å². The van der Waals surface area contributed by atoms with E-state index in [1.54, 1.807) is 11.1 Å². The number of morpholine rings is 1. The van der Waals surface area contributed by atoms with Crippen molar-refractivity contribution in [3.05, 3.63) is 47.7 Å². The predicted octanol–water partition coefficient (Wildman–Crippen LogP) is 2.94. The highest BCUT2D eigenvalue weighted by molar-refractivity contribution is 5.97. The summed E-state index contributed by atoms with van der Waals surface area (Å²) in [6, 6.07) is 12.3. The van der Waals surface area contributed by atoms with Crippen LogP contribution in [0.4, 0.5) is 0 Å². The summed E-state index contributed by atoms with van der Waals surface area (Å²) in [5.41, 5.74) is 1.32. The molecule has 0 bridgehead atoms. The van der Waals surface area contributed by atoms with Crippen molar-refractivity contribution in [3.8, 4) is 6.07 Å². The lowest BCUT2D eigenvalue weighted by atomic mass is 10.1. The maximum atomic E-state index is 12.8. The molecule has 0 N–H and O–H groups in total. The first-order valence-electron chi connectivity index (χ1n) is 8.77. The molecule has 1 aliphatic heterocycles. The molecule has 1 aliphatic rings. The summed E-state index contributed by atoms with van der Waals surface area (Å²) in [5.74, 6) is -0.219. The maximum absolute atomic E-state index is 12.8. The first kappa shape index (κ1) is 19.0. The Morgan fingerprint density at radius 2 is 1.92 bits per heavy atom. The number of carbonyl (C=O) groups is 1. The molecule has 1 fully saturated rings. The van der Waals surface area contributed by atoms with Gasteiger partial charge in [-0.3, -0.25) is 4.79 Å². The fourth-order valence-electron chi connectivity index (χ4n) is 2.98. The number of benzene rings is 1. The lowest BCUT2D eigenvalue weighted by Crippen LogP contribution is -2.48. The molecule has 1 aromatic carbocycles. The molecule has 1 aromatic rings. The molecule has 0 spiro atoms. The molecular weight excluding hydrogens is 314 g/mol. The van der Waals surface area contributed by atoms with E-state index in [-0.39, 0.29) is 29.7 Å². The van der Waals surface area contributed by atoms with Crippen molar-refractivity contribution in [2.45, 2.75) is 52.5 Å². The average molecular weight is 341 g/mol. The Morgan fingerprint density at radius 1 is 1.32 bits per heavy atom. The van der Waals surface area contributed by atoms with Gasteiger partial charge in [-0.25, -0.2) is 0 Å². The maximum Gasteiger partial charge on any atom is 0.266 e. The minimum atomic E-state index is -0.219. The molecule has 2 unspecified atom stereocenters. The van der Waals surface area contributed by atoms with Crippen molar-refractivity contribution in [3.63, 3.8) is 0 Å². The molecule has 134 valence electrons. The van der Waals surface area contributed by atoms with E-state index in [9.17, 15) is 10.1 Å². The molecule has 25 heavy (non-hydrogen) atoms. The summed E-state index contributed by atoms with van der Waals surface area (Å²) in [7, 11) is 0. The SMILES string of the molecule is CC1CN(C(=O)/C(C#N)=C\N(Cc2ccccc2)C(C)C)CC(C)O1. The summed E-state index contributed by atoms with van der Waals surface area (Å²) in [5, 5.41) is 9.53. The number of ether oxygens (including phenoxy) is 1. The minimum absolute atomic E-state index is 0.0156. The Bertz CT molecular complexity index is 639. The Kier molecular flexibility index (Phi) is 6.60. The Hall–Kier alpha value is -2.32. The van der Waals surface area contributed by atoms with Crippen LogP contribution >= 0.6 is 0 Å². The van der Waals surface area contributed by atoms with E-state index >= 15 is 0 Å². The minimum Gasteiger partial charge on any atom is -0.372 e. The first-order valence-corrected chi connectivity index (χ1v) is 8.77. The van der Waals surface area contributed by atoms with Crippen LogP contribution in [0.3, 0.4) is 0 Å². The second-order valence-corrected chi connectivity index (χ2v) is 6.87. The highest BCUT2D eigenvalue weighted by atomic mass is 16.5. The van der Waals surface area contributed by atoms with Crippen LogP contribution in [0, 0.1) is 11.3 Å². The zero-order valence-corrected chi connectivity index (χ0v) is 15.5. The van der Waals surface area contributed by atoms with Crippen molar-refractivity contribution < 1.29 is 9.53 Å². The molecule has 0 aliphatic carbocycles. The van der Waals surface area contributed by atoms with Crippen molar-refractivity contribution in [2.75, 3.05) is 13.1 Å². The molecule has 5 nitrogen and oxygen atoms in total. The van der Waals surface area contributed by atoms with E-state index in [0.717, 1.165) is 5.56 Å². The molecule has 0 aromatic heterocycles. The summed E-state index contributed by atoms with van der Waals surface area (Å²) in [6.45, 7) is 9.69. The van der Waals surface area contributed by atoms with Gasteiger partial charge in [0.1, 0.15) is 11.6 Å². The smallest absolute Gasteiger partial charge is 0.266 e. The monoisotopic (exact) mass is 341 g/mol. The second kappa shape index (κ2) is 8.68. The van der Waals surface area contributed by atoms with E-state index in [0.29, 0.717) is 19.6 Å². The molecule has 5 heteroatoms. The summed E-state index contributed by atoms with van der Waals surface area (Å²) >= 11 is 0. The Morgan fingerprint density at radius 3 is 2.44 bits per heavy atom. The number of rotatable bonds is 5. The standard InChI is InChI=1S/C20H27N3O2/c1-15(2)22(13-18-8-6-5-7-9-18)14-19(10-21)20(24)23-11-16(3)25-17(4)12-23/h5-9,14-17H,11-13H2,1-4H3/b19-14-. The molecule has 2 atom stereocenters. The first-order chi connectivity index (χ1) is 11.9. The fourth-order valence-corrected chi connectivity index (χ4v) is 2.98.